The summed E-state index contributed by atoms with van der Waals surface area (Å²) >= 11 is 0. The molecule has 0 aliphatic rings. The molecular formula is C16H19N. The zero-order chi connectivity index (χ0) is 11.9. The van der Waals surface area contributed by atoms with E-state index in [0.29, 0.717) is 0 Å². The van der Waals surface area contributed by atoms with Crippen molar-refractivity contribution in [3.8, 4) is 11.3 Å². The molecule has 0 spiro atoms. The quantitative estimate of drug-likeness (QED) is 0.684. The second-order valence-corrected chi connectivity index (χ2v) is 4.33. The minimum Gasteiger partial charge on any atom is -0.256 e. The Morgan fingerprint density at radius 1 is 0.941 bits per heavy atom. The van der Waals surface area contributed by atoms with Gasteiger partial charge < -0.3 is 0 Å². The van der Waals surface area contributed by atoms with Crippen LogP contribution in [0.2, 0.25) is 0 Å². The number of pyridine rings is 1. The first-order valence-electron chi connectivity index (χ1n) is 6.41. The van der Waals surface area contributed by atoms with Crippen molar-refractivity contribution >= 4 is 0 Å². The molecule has 88 valence electrons. The molecule has 1 aromatic heterocycles. The van der Waals surface area contributed by atoms with Crippen LogP contribution in [0.3, 0.4) is 0 Å². The van der Waals surface area contributed by atoms with Gasteiger partial charge in [-0.25, -0.2) is 0 Å². The normalized spacial score (nSPS) is 10.4. The molecule has 0 atom stereocenters. The fourth-order valence-corrected chi connectivity index (χ4v) is 2.08. The number of unbranched alkanes of at least 4 members (excludes halogenated alkanes) is 2. The summed E-state index contributed by atoms with van der Waals surface area (Å²) in [5.74, 6) is 0. The zero-order valence-electron chi connectivity index (χ0n) is 10.4. The van der Waals surface area contributed by atoms with Crippen molar-refractivity contribution in [3.63, 3.8) is 0 Å². The van der Waals surface area contributed by atoms with Gasteiger partial charge in [0.15, 0.2) is 0 Å². The highest BCUT2D eigenvalue weighted by atomic mass is 14.7. The van der Waals surface area contributed by atoms with Crippen molar-refractivity contribution in [3.05, 3.63) is 54.2 Å². The van der Waals surface area contributed by atoms with Crippen LogP contribution in [-0.2, 0) is 6.42 Å². The van der Waals surface area contributed by atoms with Gasteiger partial charge >= 0.3 is 0 Å². The first-order chi connectivity index (χ1) is 8.42. The molecule has 1 nitrogen and oxygen atoms in total. The van der Waals surface area contributed by atoms with Crippen LogP contribution >= 0.6 is 0 Å². The van der Waals surface area contributed by atoms with E-state index in [1.54, 1.807) is 0 Å². The smallest absolute Gasteiger partial charge is 0.0704 e. The lowest BCUT2D eigenvalue weighted by atomic mass is 9.99. The number of aromatic nitrogens is 1. The van der Waals surface area contributed by atoms with Crippen molar-refractivity contribution in [2.75, 3.05) is 0 Å². The van der Waals surface area contributed by atoms with Crippen molar-refractivity contribution in [2.45, 2.75) is 32.6 Å². The van der Waals surface area contributed by atoms with E-state index in [9.17, 15) is 0 Å². The Morgan fingerprint density at radius 2 is 1.76 bits per heavy atom. The van der Waals surface area contributed by atoms with Gasteiger partial charge in [0.05, 0.1) is 5.69 Å². The summed E-state index contributed by atoms with van der Waals surface area (Å²) in [5, 5.41) is 0. The monoisotopic (exact) mass is 225 g/mol. The van der Waals surface area contributed by atoms with Crippen LogP contribution in [-0.4, -0.2) is 4.98 Å². The maximum absolute atomic E-state index is 4.44. The Kier molecular flexibility index (Phi) is 4.31. The molecule has 0 fully saturated rings. The summed E-state index contributed by atoms with van der Waals surface area (Å²) in [5.41, 5.74) is 3.78. The molecule has 0 aliphatic heterocycles. The van der Waals surface area contributed by atoms with E-state index in [0.717, 1.165) is 12.1 Å². The van der Waals surface area contributed by atoms with Crippen LogP contribution in [0.5, 0.6) is 0 Å². The van der Waals surface area contributed by atoms with E-state index in [2.05, 4.69) is 42.2 Å². The Hall–Kier alpha value is -1.63. The van der Waals surface area contributed by atoms with Gasteiger partial charge in [-0.3, -0.25) is 4.98 Å². The largest absolute Gasteiger partial charge is 0.256 e. The van der Waals surface area contributed by atoms with Gasteiger partial charge in [0.2, 0.25) is 0 Å². The predicted octanol–water partition coefficient (Wildman–Crippen LogP) is 4.48. The lowest BCUT2D eigenvalue weighted by Gasteiger charge is -2.08. The molecule has 0 aliphatic carbocycles. The molecule has 0 bridgehead atoms. The maximum atomic E-state index is 4.44. The Morgan fingerprint density at radius 3 is 2.53 bits per heavy atom. The second kappa shape index (κ2) is 6.19. The number of hydrogen-bond donors (Lipinski definition) is 0. The van der Waals surface area contributed by atoms with Gasteiger partial charge in [0.25, 0.3) is 0 Å². The fourth-order valence-electron chi connectivity index (χ4n) is 2.08. The predicted molar refractivity (Wildman–Crippen MR) is 72.9 cm³/mol. The SMILES string of the molecule is CCCCCc1ccccc1-c1ccccn1. The number of aryl methyl sites for hydroxylation is 1. The molecule has 17 heavy (non-hydrogen) atoms. The summed E-state index contributed by atoms with van der Waals surface area (Å²) in [7, 11) is 0. The molecule has 0 saturated carbocycles. The summed E-state index contributed by atoms with van der Waals surface area (Å²) in [6, 6.07) is 14.7. The van der Waals surface area contributed by atoms with E-state index in [1.165, 1.54) is 30.4 Å². The summed E-state index contributed by atoms with van der Waals surface area (Å²) < 4.78 is 0. The molecule has 0 unspecified atom stereocenters. The highest BCUT2D eigenvalue weighted by molar-refractivity contribution is 5.63. The Bertz CT molecular complexity index is 448. The minimum atomic E-state index is 1.08. The minimum absolute atomic E-state index is 1.08. The van der Waals surface area contributed by atoms with Crippen LogP contribution < -0.4 is 0 Å². The molecule has 1 heterocycles. The van der Waals surface area contributed by atoms with E-state index < -0.39 is 0 Å². The molecule has 0 saturated heterocycles. The Labute approximate surface area is 104 Å². The molecule has 0 amide bonds. The number of nitrogens with zero attached hydrogens (tertiary/aromatic N) is 1. The molecule has 1 aromatic carbocycles. The van der Waals surface area contributed by atoms with Crippen molar-refractivity contribution in [1.29, 1.82) is 0 Å². The van der Waals surface area contributed by atoms with E-state index in [4.69, 9.17) is 0 Å². The van der Waals surface area contributed by atoms with Crippen molar-refractivity contribution < 1.29 is 0 Å². The molecule has 1 heteroatoms. The van der Waals surface area contributed by atoms with Gasteiger partial charge in [-0.2, -0.15) is 0 Å². The second-order valence-electron chi connectivity index (χ2n) is 4.33. The molecule has 2 rings (SSSR count). The first kappa shape index (κ1) is 11.8. The third-order valence-corrected chi connectivity index (χ3v) is 3.01. The lowest BCUT2D eigenvalue weighted by molar-refractivity contribution is 0.718. The van der Waals surface area contributed by atoms with Gasteiger partial charge in [0.1, 0.15) is 0 Å². The number of benzene rings is 1. The maximum Gasteiger partial charge on any atom is 0.0704 e. The summed E-state index contributed by atoms with van der Waals surface area (Å²) in [6.07, 6.45) is 6.85. The first-order valence-corrected chi connectivity index (χ1v) is 6.41. The van der Waals surface area contributed by atoms with Crippen LogP contribution in [0.15, 0.2) is 48.7 Å². The fraction of sp³-hybridized carbons (Fsp3) is 0.312. The zero-order valence-corrected chi connectivity index (χ0v) is 10.4. The van der Waals surface area contributed by atoms with Crippen LogP contribution in [0.4, 0.5) is 0 Å². The summed E-state index contributed by atoms with van der Waals surface area (Å²) in [6.45, 7) is 2.24. The molecule has 0 radical (unpaired) electrons. The molecular weight excluding hydrogens is 206 g/mol. The average molecular weight is 225 g/mol. The van der Waals surface area contributed by atoms with E-state index in [1.807, 2.05) is 18.3 Å². The highest BCUT2D eigenvalue weighted by Crippen LogP contribution is 2.22. The van der Waals surface area contributed by atoms with Gasteiger partial charge in [-0.05, 0) is 30.5 Å². The third-order valence-electron chi connectivity index (χ3n) is 3.01. The summed E-state index contributed by atoms with van der Waals surface area (Å²) in [4.78, 5) is 4.44. The van der Waals surface area contributed by atoms with Crippen molar-refractivity contribution in [2.24, 2.45) is 0 Å². The molecule has 2 aromatic rings. The highest BCUT2D eigenvalue weighted by Gasteiger charge is 2.04. The van der Waals surface area contributed by atoms with Crippen molar-refractivity contribution in [1.82, 2.24) is 4.98 Å². The number of hydrogen-bond acceptors (Lipinski definition) is 1. The van der Waals surface area contributed by atoms with Gasteiger partial charge in [-0.15, -0.1) is 0 Å². The van der Waals surface area contributed by atoms with Crippen LogP contribution in [0.1, 0.15) is 31.7 Å². The average Bonchev–Trinajstić information content (AvgIpc) is 2.41. The number of rotatable bonds is 5. The van der Waals surface area contributed by atoms with Gasteiger partial charge in [-0.1, -0.05) is 50.1 Å². The van der Waals surface area contributed by atoms with Crippen LogP contribution in [0, 0.1) is 0 Å². The van der Waals surface area contributed by atoms with Crippen LogP contribution in [0.25, 0.3) is 11.3 Å². The Balaban J connectivity index is 2.22. The van der Waals surface area contributed by atoms with Gasteiger partial charge in [0, 0.05) is 11.8 Å². The molecule has 0 N–H and O–H groups in total. The topological polar surface area (TPSA) is 12.9 Å². The third kappa shape index (κ3) is 3.16. The standard InChI is InChI=1S/C16H19N/c1-2-3-4-9-14-10-5-6-11-15(14)16-12-7-8-13-17-16/h5-8,10-13H,2-4,9H2,1H3. The lowest BCUT2D eigenvalue weighted by Crippen LogP contribution is -1.91. The van der Waals surface area contributed by atoms with E-state index in [-0.39, 0.29) is 0 Å². The van der Waals surface area contributed by atoms with E-state index >= 15 is 0 Å².